The van der Waals surface area contributed by atoms with Gasteiger partial charge in [0, 0.05) is 12.5 Å². The molecule has 0 amide bonds. The Hall–Kier alpha value is -0.410. The minimum Gasteiger partial charge on any atom is -0.392 e. The van der Waals surface area contributed by atoms with Crippen molar-refractivity contribution >= 4 is 5.78 Å². The van der Waals surface area contributed by atoms with Crippen molar-refractivity contribution in [3.05, 3.63) is 0 Å². The van der Waals surface area contributed by atoms with E-state index in [1.807, 2.05) is 13.8 Å². The zero-order valence-electron chi connectivity index (χ0n) is 7.00. The van der Waals surface area contributed by atoms with Crippen LogP contribution in [-0.2, 0) is 4.79 Å². The van der Waals surface area contributed by atoms with Crippen molar-refractivity contribution in [2.24, 2.45) is 5.92 Å². The van der Waals surface area contributed by atoms with Gasteiger partial charge in [-0.25, -0.2) is 0 Å². The second-order valence-corrected chi connectivity index (χ2v) is 3.41. The van der Waals surface area contributed by atoms with Crippen LogP contribution in [0.4, 0.5) is 0 Å². The normalized spacial score (nSPS) is 31.3. The lowest BCUT2D eigenvalue weighted by Crippen LogP contribution is -2.33. The summed E-state index contributed by atoms with van der Waals surface area (Å²) in [7, 11) is 0. The minimum absolute atomic E-state index is 0.0674. The van der Waals surface area contributed by atoms with Crippen molar-refractivity contribution in [1.29, 1.82) is 0 Å². The van der Waals surface area contributed by atoms with Crippen molar-refractivity contribution in [3.8, 4) is 0 Å². The van der Waals surface area contributed by atoms with Gasteiger partial charge in [0.25, 0.3) is 0 Å². The fourth-order valence-electron chi connectivity index (χ4n) is 1.34. The molecule has 1 rings (SSSR count). The average Bonchev–Trinajstić information content (AvgIpc) is 2.34. The van der Waals surface area contributed by atoms with E-state index in [2.05, 4.69) is 5.32 Å². The van der Waals surface area contributed by atoms with Crippen LogP contribution in [0, 0.1) is 5.92 Å². The maximum absolute atomic E-state index is 11.3. The molecule has 0 aromatic carbocycles. The van der Waals surface area contributed by atoms with E-state index >= 15 is 0 Å². The number of hydrogen-bond donors (Lipinski definition) is 2. The van der Waals surface area contributed by atoms with Gasteiger partial charge in [0.2, 0.25) is 0 Å². The maximum atomic E-state index is 11.3. The molecule has 0 bridgehead atoms. The predicted molar refractivity (Wildman–Crippen MR) is 42.3 cm³/mol. The third-order valence-corrected chi connectivity index (χ3v) is 2.02. The lowest BCUT2D eigenvalue weighted by molar-refractivity contribution is -0.123. The lowest BCUT2D eigenvalue weighted by atomic mass is 10.0. The van der Waals surface area contributed by atoms with Crippen molar-refractivity contribution in [3.63, 3.8) is 0 Å². The maximum Gasteiger partial charge on any atom is 0.152 e. The third kappa shape index (κ3) is 2.01. The Kier molecular flexibility index (Phi) is 2.62. The van der Waals surface area contributed by atoms with E-state index in [9.17, 15) is 4.79 Å². The number of hydrogen-bond acceptors (Lipinski definition) is 3. The van der Waals surface area contributed by atoms with Crippen LogP contribution < -0.4 is 5.32 Å². The smallest absolute Gasteiger partial charge is 0.152 e. The molecule has 1 aliphatic heterocycles. The Bertz CT molecular complexity index is 156. The van der Waals surface area contributed by atoms with Gasteiger partial charge < -0.3 is 10.4 Å². The minimum atomic E-state index is -0.331. The molecule has 1 unspecified atom stereocenters. The zero-order valence-corrected chi connectivity index (χ0v) is 7.00. The van der Waals surface area contributed by atoms with Crippen molar-refractivity contribution in [2.75, 3.05) is 6.54 Å². The van der Waals surface area contributed by atoms with Crippen LogP contribution in [0.25, 0.3) is 0 Å². The predicted octanol–water partition coefficient (Wildman–Crippen LogP) is -0.0657. The molecule has 0 spiro atoms. The molecule has 2 N–H and O–H groups in total. The highest BCUT2D eigenvalue weighted by Crippen LogP contribution is 2.11. The molecule has 3 heteroatoms. The molecule has 1 saturated heterocycles. The van der Waals surface area contributed by atoms with Crippen molar-refractivity contribution < 1.29 is 9.90 Å². The Balaban J connectivity index is 2.43. The summed E-state index contributed by atoms with van der Waals surface area (Å²) in [5, 5.41) is 12.1. The van der Waals surface area contributed by atoms with Gasteiger partial charge in [-0.1, -0.05) is 13.8 Å². The van der Waals surface area contributed by atoms with Gasteiger partial charge in [-0.15, -0.1) is 0 Å². The first-order valence-corrected chi connectivity index (χ1v) is 4.06. The van der Waals surface area contributed by atoms with Crippen LogP contribution in [0.15, 0.2) is 0 Å². The Morgan fingerprint density at radius 2 is 2.27 bits per heavy atom. The highest BCUT2D eigenvalue weighted by Gasteiger charge is 2.28. The van der Waals surface area contributed by atoms with Gasteiger partial charge in [-0.05, 0) is 6.42 Å². The second-order valence-electron chi connectivity index (χ2n) is 3.41. The number of ketones is 1. The van der Waals surface area contributed by atoms with Gasteiger partial charge in [0.1, 0.15) is 0 Å². The molecule has 64 valence electrons. The molecule has 1 fully saturated rings. The summed E-state index contributed by atoms with van der Waals surface area (Å²) in [5.41, 5.74) is 0. The summed E-state index contributed by atoms with van der Waals surface area (Å²) in [4.78, 5) is 11.3. The number of Topliss-reactive ketones (excluding diaryl/α,β-unsaturated/α-hetero) is 1. The highest BCUT2D eigenvalue weighted by molar-refractivity contribution is 5.86. The molecular weight excluding hydrogens is 142 g/mol. The molecular formula is C8H15NO2. The van der Waals surface area contributed by atoms with Crippen LogP contribution in [0.5, 0.6) is 0 Å². The molecule has 3 nitrogen and oxygen atoms in total. The number of rotatable bonds is 2. The van der Waals surface area contributed by atoms with Gasteiger partial charge >= 0.3 is 0 Å². The number of β-amino-alcohol motifs (C(OH)–C–C–N with tert-alkyl or cyclic N) is 1. The van der Waals surface area contributed by atoms with Crippen LogP contribution in [0.3, 0.4) is 0 Å². The van der Waals surface area contributed by atoms with E-state index in [4.69, 9.17) is 5.11 Å². The van der Waals surface area contributed by atoms with Gasteiger partial charge in [-0.2, -0.15) is 0 Å². The van der Waals surface area contributed by atoms with Crippen LogP contribution in [0.2, 0.25) is 0 Å². The second kappa shape index (κ2) is 3.32. The third-order valence-electron chi connectivity index (χ3n) is 2.02. The summed E-state index contributed by atoms with van der Waals surface area (Å²) in [6, 6.07) is -0.106. The molecule has 1 heterocycles. The number of carbonyl (C=O) groups is 1. The largest absolute Gasteiger partial charge is 0.392 e. The van der Waals surface area contributed by atoms with Crippen molar-refractivity contribution in [2.45, 2.75) is 32.4 Å². The van der Waals surface area contributed by atoms with Crippen LogP contribution in [-0.4, -0.2) is 29.6 Å². The van der Waals surface area contributed by atoms with Crippen molar-refractivity contribution in [1.82, 2.24) is 5.32 Å². The van der Waals surface area contributed by atoms with E-state index in [-0.39, 0.29) is 23.8 Å². The standard InChI is InChI=1S/C8H15NO2/c1-5(2)8(11)7-3-6(10)4-9-7/h5-7,9-10H,3-4H2,1-2H3/t6-,7?/m0/s1. The van der Waals surface area contributed by atoms with Gasteiger partial charge in [-0.3, -0.25) is 4.79 Å². The molecule has 11 heavy (non-hydrogen) atoms. The molecule has 0 saturated carbocycles. The molecule has 0 aromatic heterocycles. The number of aliphatic hydroxyl groups is 1. The first-order valence-electron chi connectivity index (χ1n) is 4.06. The fraction of sp³-hybridized carbons (Fsp3) is 0.875. The van der Waals surface area contributed by atoms with Gasteiger partial charge in [0.15, 0.2) is 5.78 Å². The van der Waals surface area contributed by atoms with Crippen LogP contribution >= 0.6 is 0 Å². The Morgan fingerprint density at radius 1 is 1.64 bits per heavy atom. The van der Waals surface area contributed by atoms with Gasteiger partial charge in [0.05, 0.1) is 12.1 Å². The monoisotopic (exact) mass is 157 g/mol. The summed E-state index contributed by atoms with van der Waals surface area (Å²) >= 11 is 0. The summed E-state index contributed by atoms with van der Waals surface area (Å²) in [6.07, 6.45) is 0.250. The topological polar surface area (TPSA) is 49.3 Å². The quantitative estimate of drug-likeness (QED) is 0.590. The molecule has 2 atom stereocenters. The Labute approximate surface area is 66.8 Å². The van der Waals surface area contributed by atoms with E-state index in [0.29, 0.717) is 13.0 Å². The average molecular weight is 157 g/mol. The van der Waals surface area contributed by atoms with E-state index in [1.54, 1.807) is 0 Å². The lowest BCUT2D eigenvalue weighted by Gasteiger charge is -2.10. The molecule has 0 aromatic rings. The number of carbonyl (C=O) groups excluding carboxylic acids is 1. The fourth-order valence-corrected chi connectivity index (χ4v) is 1.34. The highest BCUT2D eigenvalue weighted by atomic mass is 16.3. The van der Waals surface area contributed by atoms with E-state index < -0.39 is 0 Å². The SMILES string of the molecule is CC(C)C(=O)C1C[C@H](O)CN1. The Morgan fingerprint density at radius 3 is 2.64 bits per heavy atom. The van der Waals surface area contributed by atoms with E-state index in [0.717, 1.165) is 0 Å². The number of nitrogens with one attached hydrogen (secondary N) is 1. The molecule has 0 aliphatic carbocycles. The van der Waals surface area contributed by atoms with Crippen LogP contribution in [0.1, 0.15) is 20.3 Å². The molecule has 0 radical (unpaired) electrons. The van der Waals surface area contributed by atoms with E-state index in [1.165, 1.54) is 0 Å². The number of aliphatic hydroxyl groups excluding tert-OH is 1. The zero-order chi connectivity index (χ0) is 8.43. The summed E-state index contributed by atoms with van der Waals surface area (Å²) < 4.78 is 0. The summed E-state index contributed by atoms with van der Waals surface area (Å²) in [5.74, 6) is 0.277. The molecule has 1 aliphatic rings. The summed E-state index contributed by atoms with van der Waals surface area (Å²) in [6.45, 7) is 4.33. The first kappa shape index (κ1) is 8.68. The first-order chi connectivity index (χ1) is 5.11.